The number of fused-ring (bicyclic) bond motifs is 3. The largest absolute Gasteiger partial charge is 0.484 e. The normalized spacial score (nSPS) is 13.7. The Morgan fingerprint density at radius 1 is 1.47 bits per heavy atom. The molecular weight excluding hydrogens is 224 g/mol. The molecule has 88 valence electrons. The van der Waals surface area contributed by atoms with E-state index in [4.69, 9.17) is 9.47 Å². The lowest BCUT2D eigenvalue weighted by molar-refractivity contribution is 0.0595. The summed E-state index contributed by atoms with van der Waals surface area (Å²) in [5, 5.41) is 0. The number of carbonyl (C=O) groups excluding carboxylic acids is 1. The minimum Gasteiger partial charge on any atom is -0.484 e. The molecule has 3 rings (SSSR count). The van der Waals surface area contributed by atoms with Crippen LogP contribution >= 0.6 is 0 Å². The predicted molar refractivity (Wildman–Crippen MR) is 58.4 cm³/mol. The summed E-state index contributed by atoms with van der Waals surface area (Å²) in [6.07, 6.45) is 1.59. The molecule has 1 aliphatic heterocycles. The molecule has 0 aliphatic carbocycles. The standard InChI is InChI=1S/C11H10N2O4/c1-15-11(14)7-4-6-9(13-7)10-8(5-12-6)16-2-3-17-10/h4-5,13H,2-3H2,1H3. The smallest absolute Gasteiger partial charge is 0.354 e. The fourth-order valence-electron chi connectivity index (χ4n) is 1.79. The Morgan fingerprint density at radius 3 is 3.12 bits per heavy atom. The number of nitrogens with zero attached hydrogens (tertiary/aromatic N) is 1. The molecule has 0 fully saturated rings. The zero-order valence-corrected chi connectivity index (χ0v) is 9.15. The first-order valence-electron chi connectivity index (χ1n) is 5.15. The van der Waals surface area contributed by atoms with Crippen LogP contribution in [0.2, 0.25) is 0 Å². The van der Waals surface area contributed by atoms with Crippen molar-refractivity contribution in [2.24, 2.45) is 0 Å². The fraction of sp³-hybridized carbons (Fsp3) is 0.273. The zero-order valence-electron chi connectivity index (χ0n) is 9.15. The molecule has 0 saturated carbocycles. The van der Waals surface area contributed by atoms with Crippen LogP contribution in [0.1, 0.15) is 10.5 Å². The molecule has 17 heavy (non-hydrogen) atoms. The van der Waals surface area contributed by atoms with Crippen molar-refractivity contribution >= 4 is 17.0 Å². The third-order valence-corrected chi connectivity index (χ3v) is 2.56. The van der Waals surface area contributed by atoms with E-state index in [2.05, 4.69) is 14.7 Å². The number of methoxy groups -OCH3 is 1. The van der Waals surface area contributed by atoms with Gasteiger partial charge in [0.05, 0.1) is 18.8 Å². The van der Waals surface area contributed by atoms with Gasteiger partial charge in [-0.3, -0.25) is 4.98 Å². The van der Waals surface area contributed by atoms with E-state index in [9.17, 15) is 4.79 Å². The molecule has 6 nitrogen and oxygen atoms in total. The van der Waals surface area contributed by atoms with E-state index >= 15 is 0 Å². The Balaban J connectivity index is 2.18. The molecule has 0 spiro atoms. The summed E-state index contributed by atoms with van der Waals surface area (Å²) in [6.45, 7) is 0.990. The van der Waals surface area contributed by atoms with Gasteiger partial charge in [0.25, 0.3) is 0 Å². The Morgan fingerprint density at radius 2 is 2.29 bits per heavy atom. The van der Waals surface area contributed by atoms with E-state index in [0.717, 1.165) is 0 Å². The molecule has 0 radical (unpaired) electrons. The minimum atomic E-state index is -0.437. The lowest BCUT2D eigenvalue weighted by Crippen LogP contribution is -2.15. The molecule has 0 amide bonds. The van der Waals surface area contributed by atoms with E-state index in [1.54, 1.807) is 12.3 Å². The van der Waals surface area contributed by atoms with E-state index in [0.29, 0.717) is 41.4 Å². The number of esters is 1. The summed E-state index contributed by atoms with van der Waals surface area (Å²) in [4.78, 5) is 18.5. The number of H-pyrrole nitrogens is 1. The lowest BCUT2D eigenvalue weighted by atomic mass is 10.3. The fourth-order valence-corrected chi connectivity index (χ4v) is 1.79. The monoisotopic (exact) mass is 234 g/mol. The van der Waals surface area contributed by atoms with Gasteiger partial charge in [-0.2, -0.15) is 0 Å². The van der Waals surface area contributed by atoms with Gasteiger partial charge in [-0.25, -0.2) is 4.79 Å². The zero-order chi connectivity index (χ0) is 11.8. The molecule has 0 aromatic carbocycles. The van der Waals surface area contributed by atoms with Gasteiger partial charge in [0, 0.05) is 0 Å². The summed E-state index contributed by atoms with van der Waals surface area (Å²) in [7, 11) is 1.33. The highest BCUT2D eigenvalue weighted by Gasteiger charge is 2.19. The quantitative estimate of drug-likeness (QED) is 0.748. The molecule has 0 unspecified atom stereocenters. The second-order valence-corrected chi connectivity index (χ2v) is 3.58. The van der Waals surface area contributed by atoms with Crippen molar-refractivity contribution < 1.29 is 19.0 Å². The first-order valence-corrected chi connectivity index (χ1v) is 5.15. The molecule has 1 N–H and O–H groups in total. The van der Waals surface area contributed by atoms with Crippen molar-refractivity contribution in [2.45, 2.75) is 0 Å². The van der Waals surface area contributed by atoms with E-state index in [-0.39, 0.29) is 0 Å². The number of aromatic amines is 1. The maximum absolute atomic E-state index is 11.4. The Kier molecular flexibility index (Phi) is 2.14. The molecule has 2 aromatic heterocycles. The van der Waals surface area contributed by atoms with Crippen LogP contribution in [0.25, 0.3) is 11.0 Å². The van der Waals surface area contributed by atoms with E-state index < -0.39 is 5.97 Å². The third kappa shape index (κ3) is 1.49. The highest BCUT2D eigenvalue weighted by molar-refractivity contribution is 5.95. The number of ether oxygens (including phenoxy) is 3. The van der Waals surface area contributed by atoms with E-state index in [1.165, 1.54) is 7.11 Å². The molecule has 6 heteroatoms. The number of rotatable bonds is 1. The van der Waals surface area contributed by atoms with Gasteiger partial charge in [0.1, 0.15) is 24.4 Å². The van der Waals surface area contributed by atoms with Crippen LogP contribution in [-0.2, 0) is 4.74 Å². The molecule has 0 saturated heterocycles. The highest BCUT2D eigenvalue weighted by Crippen LogP contribution is 2.35. The van der Waals surface area contributed by atoms with Crippen molar-refractivity contribution in [1.29, 1.82) is 0 Å². The van der Waals surface area contributed by atoms with Crippen LogP contribution < -0.4 is 9.47 Å². The molecule has 1 aliphatic rings. The number of hydrogen-bond donors (Lipinski definition) is 1. The van der Waals surface area contributed by atoms with Gasteiger partial charge in [-0.05, 0) is 6.07 Å². The van der Waals surface area contributed by atoms with Gasteiger partial charge >= 0.3 is 5.97 Å². The van der Waals surface area contributed by atoms with Crippen molar-refractivity contribution in [3.8, 4) is 11.5 Å². The summed E-state index contributed by atoms with van der Waals surface area (Å²) in [6, 6.07) is 1.62. The second kappa shape index (κ2) is 3.65. The first-order chi connectivity index (χ1) is 8.29. The van der Waals surface area contributed by atoms with Crippen LogP contribution in [0.15, 0.2) is 12.3 Å². The lowest BCUT2D eigenvalue weighted by Gasteiger charge is -2.17. The minimum absolute atomic E-state index is 0.345. The highest BCUT2D eigenvalue weighted by atomic mass is 16.6. The van der Waals surface area contributed by atoms with Gasteiger partial charge in [0.15, 0.2) is 11.5 Å². The van der Waals surface area contributed by atoms with Gasteiger partial charge < -0.3 is 19.2 Å². The van der Waals surface area contributed by atoms with Crippen LogP contribution in [0.4, 0.5) is 0 Å². The number of pyridine rings is 1. The van der Waals surface area contributed by atoms with E-state index in [1.807, 2.05) is 0 Å². The number of hydrogen-bond acceptors (Lipinski definition) is 5. The molecule has 0 atom stereocenters. The number of aromatic nitrogens is 2. The van der Waals surface area contributed by atoms with Crippen molar-refractivity contribution in [1.82, 2.24) is 9.97 Å². The average Bonchev–Trinajstić information content (AvgIpc) is 2.82. The van der Waals surface area contributed by atoms with Crippen LogP contribution in [-0.4, -0.2) is 36.3 Å². The first kappa shape index (κ1) is 9.95. The Bertz CT molecular complexity index is 590. The van der Waals surface area contributed by atoms with Gasteiger partial charge in [-0.1, -0.05) is 0 Å². The summed E-state index contributed by atoms with van der Waals surface area (Å²) < 4.78 is 15.6. The van der Waals surface area contributed by atoms with Crippen molar-refractivity contribution in [3.05, 3.63) is 18.0 Å². The summed E-state index contributed by atoms with van der Waals surface area (Å²) in [5.74, 6) is 0.742. The maximum Gasteiger partial charge on any atom is 0.354 e. The molecule has 2 aromatic rings. The predicted octanol–water partition coefficient (Wildman–Crippen LogP) is 1.12. The Hall–Kier alpha value is -2.24. The third-order valence-electron chi connectivity index (χ3n) is 2.56. The Labute approximate surface area is 96.5 Å². The summed E-state index contributed by atoms with van der Waals surface area (Å²) >= 11 is 0. The molecular formula is C11H10N2O4. The van der Waals surface area contributed by atoms with Crippen molar-refractivity contribution in [3.63, 3.8) is 0 Å². The second-order valence-electron chi connectivity index (χ2n) is 3.58. The summed E-state index contributed by atoms with van der Waals surface area (Å²) in [5.41, 5.74) is 1.65. The molecule has 3 heterocycles. The molecule has 0 bridgehead atoms. The number of nitrogens with one attached hydrogen (secondary N) is 1. The van der Waals surface area contributed by atoms with Gasteiger partial charge in [-0.15, -0.1) is 0 Å². The van der Waals surface area contributed by atoms with Crippen LogP contribution in [0.5, 0.6) is 11.5 Å². The average molecular weight is 234 g/mol. The van der Waals surface area contributed by atoms with Gasteiger partial charge in [0.2, 0.25) is 0 Å². The van der Waals surface area contributed by atoms with Crippen LogP contribution in [0.3, 0.4) is 0 Å². The van der Waals surface area contributed by atoms with Crippen LogP contribution in [0, 0.1) is 0 Å². The topological polar surface area (TPSA) is 73.4 Å². The number of carbonyl (C=O) groups is 1. The SMILES string of the molecule is COC(=O)c1cc2ncc3c(c2[nH]1)OCCO3. The van der Waals surface area contributed by atoms with Crippen molar-refractivity contribution in [2.75, 3.05) is 20.3 Å². The maximum atomic E-state index is 11.4.